The zero-order valence-corrected chi connectivity index (χ0v) is 20.9. The molecule has 0 saturated carbocycles. The molecule has 1 N–H and O–H groups in total. The van der Waals surface area contributed by atoms with Gasteiger partial charge in [0.1, 0.15) is 18.2 Å². The van der Waals surface area contributed by atoms with Gasteiger partial charge in [-0.3, -0.25) is 0 Å². The molecule has 10 heteroatoms. The van der Waals surface area contributed by atoms with Crippen LogP contribution in [0.4, 0.5) is 22.2 Å². The first-order chi connectivity index (χ1) is 17.2. The number of anilines is 3. The highest BCUT2D eigenvalue weighted by atomic mass is 79.9. The molecule has 0 spiro atoms. The van der Waals surface area contributed by atoms with Gasteiger partial charge < -0.3 is 14.5 Å². The SMILES string of the molecule is Fc1ccccc1COc1ccc(Br)cc1/C=N\Nc1nc(N2CCCC2)nc(N2CCCC2)n1. The van der Waals surface area contributed by atoms with E-state index in [1.165, 1.54) is 6.07 Å². The number of hydrogen-bond donors (Lipinski definition) is 1. The first-order valence-electron chi connectivity index (χ1n) is 11.9. The Morgan fingerprint density at radius 2 is 1.60 bits per heavy atom. The van der Waals surface area contributed by atoms with Crippen molar-refractivity contribution in [3.8, 4) is 5.75 Å². The summed E-state index contributed by atoms with van der Waals surface area (Å²) in [5.41, 5.74) is 4.20. The predicted molar refractivity (Wildman–Crippen MR) is 139 cm³/mol. The van der Waals surface area contributed by atoms with Crippen molar-refractivity contribution in [2.75, 3.05) is 41.4 Å². The van der Waals surface area contributed by atoms with E-state index in [4.69, 9.17) is 9.72 Å². The van der Waals surface area contributed by atoms with E-state index < -0.39 is 0 Å². The first kappa shape index (κ1) is 23.5. The van der Waals surface area contributed by atoms with Crippen LogP contribution < -0.4 is 20.0 Å². The van der Waals surface area contributed by atoms with Gasteiger partial charge in [0.05, 0.1) is 6.21 Å². The van der Waals surface area contributed by atoms with Gasteiger partial charge in [0.25, 0.3) is 0 Å². The molecule has 2 saturated heterocycles. The molecule has 0 amide bonds. The maximum Gasteiger partial charge on any atom is 0.250 e. The maximum absolute atomic E-state index is 14.0. The zero-order chi connectivity index (χ0) is 24.0. The lowest BCUT2D eigenvalue weighted by molar-refractivity contribution is 0.299. The van der Waals surface area contributed by atoms with Crippen molar-refractivity contribution >= 4 is 40.0 Å². The van der Waals surface area contributed by atoms with E-state index in [1.807, 2.05) is 18.2 Å². The Morgan fingerprint density at radius 3 is 2.26 bits per heavy atom. The summed E-state index contributed by atoms with van der Waals surface area (Å²) in [6, 6.07) is 12.2. The van der Waals surface area contributed by atoms with Crippen molar-refractivity contribution in [2.24, 2.45) is 5.10 Å². The van der Waals surface area contributed by atoms with Crippen LogP contribution in [0.15, 0.2) is 52.0 Å². The minimum atomic E-state index is -0.293. The molecule has 1 aromatic heterocycles. The van der Waals surface area contributed by atoms with Crippen LogP contribution in [-0.2, 0) is 6.61 Å². The smallest absolute Gasteiger partial charge is 0.250 e. The number of hydrazone groups is 1. The van der Waals surface area contributed by atoms with Crippen LogP contribution >= 0.6 is 15.9 Å². The topological polar surface area (TPSA) is 78.8 Å². The molecule has 2 aliphatic heterocycles. The van der Waals surface area contributed by atoms with Crippen molar-refractivity contribution in [3.63, 3.8) is 0 Å². The lowest BCUT2D eigenvalue weighted by atomic mass is 10.2. The molecule has 0 aliphatic carbocycles. The lowest BCUT2D eigenvalue weighted by Gasteiger charge is -2.20. The summed E-state index contributed by atoms with van der Waals surface area (Å²) in [5.74, 6) is 2.08. The van der Waals surface area contributed by atoms with Gasteiger partial charge in [-0.1, -0.05) is 34.1 Å². The van der Waals surface area contributed by atoms with E-state index in [-0.39, 0.29) is 12.4 Å². The molecule has 3 heterocycles. The second-order valence-corrected chi connectivity index (χ2v) is 9.50. The fraction of sp³-hybridized carbons (Fsp3) is 0.360. The van der Waals surface area contributed by atoms with Gasteiger partial charge in [0.15, 0.2) is 0 Å². The average Bonchev–Trinajstić information content (AvgIpc) is 3.59. The third kappa shape index (κ3) is 5.87. The molecule has 3 aromatic rings. The highest BCUT2D eigenvalue weighted by Crippen LogP contribution is 2.25. The van der Waals surface area contributed by atoms with Gasteiger partial charge >= 0.3 is 0 Å². The van der Waals surface area contributed by atoms with Crippen LogP contribution in [0.1, 0.15) is 36.8 Å². The fourth-order valence-corrected chi connectivity index (χ4v) is 4.58. The van der Waals surface area contributed by atoms with Gasteiger partial charge in [-0.2, -0.15) is 20.1 Å². The molecule has 2 aliphatic rings. The molecule has 0 unspecified atom stereocenters. The van der Waals surface area contributed by atoms with E-state index >= 15 is 0 Å². The van der Waals surface area contributed by atoms with Crippen molar-refractivity contribution in [3.05, 3.63) is 63.9 Å². The number of ether oxygens (including phenoxy) is 1. The predicted octanol–water partition coefficient (Wildman–Crippen LogP) is 5.00. The molecule has 8 nitrogen and oxygen atoms in total. The summed E-state index contributed by atoms with van der Waals surface area (Å²) in [5, 5.41) is 4.38. The molecule has 2 fully saturated rings. The largest absolute Gasteiger partial charge is 0.488 e. The minimum absolute atomic E-state index is 0.119. The van der Waals surface area contributed by atoms with Crippen molar-refractivity contribution < 1.29 is 9.13 Å². The van der Waals surface area contributed by atoms with Crippen molar-refractivity contribution in [2.45, 2.75) is 32.3 Å². The van der Waals surface area contributed by atoms with Gasteiger partial charge in [-0.05, 0) is 49.9 Å². The number of hydrogen-bond acceptors (Lipinski definition) is 8. The summed E-state index contributed by atoms with van der Waals surface area (Å²) in [7, 11) is 0. The molecule has 182 valence electrons. The number of halogens is 2. The molecule has 0 radical (unpaired) electrons. The average molecular weight is 540 g/mol. The molecule has 5 rings (SSSR count). The number of nitrogens with zero attached hydrogens (tertiary/aromatic N) is 6. The highest BCUT2D eigenvalue weighted by molar-refractivity contribution is 9.10. The Balaban J connectivity index is 1.33. The van der Waals surface area contributed by atoms with E-state index in [0.717, 1.165) is 61.9 Å². The van der Waals surface area contributed by atoms with Crippen LogP contribution in [0.5, 0.6) is 5.75 Å². The minimum Gasteiger partial charge on any atom is -0.488 e. The quantitative estimate of drug-likeness (QED) is 0.318. The van der Waals surface area contributed by atoms with E-state index in [2.05, 4.69) is 46.2 Å². The monoisotopic (exact) mass is 539 g/mol. The standard InChI is InChI=1S/C25H27BrFN7O/c26-20-9-10-22(35-17-18-7-1-2-8-21(18)27)19(15-20)16-28-32-23-29-24(33-11-3-4-12-33)31-25(30-23)34-13-5-6-14-34/h1-2,7-10,15-16H,3-6,11-14,17H2,(H,29,30,31,32)/b28-16-. The Hall–Kier alpha value is -3.27. The normalized spacial score (nSPS) is 15.8. The van der Waals surface area contributed by atoms with Crippen LogP contribution in [0.3, 0.4) is 0 Å². The van der Waals surface area contributed by atoms with Crippen LogP contribution in [0.2, 0.25) is 0 Å². The number of benzene rings is 2. The van der Waals surface area contributed by atoms with Crippen LogP contribution in [0.25, 0.3) is 0 Å². The zero-order valence-electron chi connectivity index (χ0n) is 19.3. The number of rotatable bonds is 8. The maximum atomic E-state index is 14.0. The van der Waals surface area contributed by atoms with Gasteiger partial charge in [-0.25, -0.2) is 9.82 Å². The third-order valence-corrected chi connectivity index (χ3v) is 6.56. The number of aromatic nitrogens is 3. The van der Waals surface area contributed by atoms with E-state index in [9.17, 15) is 4.39 Å². The van der Waals surface area contributed by atoms with Gasteiger partial charge in [0, 0.05) is 41.8 Å². The first-order valence-corrected chi connectivity index (χ1v) is 12.7. The lowest BCUT2D eigenvalue weighted by Crippen LogP contribution is -2.25. The third-order valence-electron chi connectivity index (χ3n) is 6.07. The second-order valence-electron chi connectivity index (χ2n) is 8.58. The summed E-state index contributed by atoms with van der Waals surface area (Å²) >= 11 is 3.49. The summed E-state index contributed by atoms with van der Waals surface area (Å²) in [6.07, 6.45) is 6.22. The second kappa shape index (κ2) is 11.0. The molecular formula is C25H27BrFN7O. The van der Waals surface area contributed by atoms with Gasteiger partial charge in [0.2, 0.25) is 17.8 Å². The van der Waals surface area contributed by atoms with Crippen molar-refractivity contribution in [1.29, 1.82) is 0 Å². The van der Waals surface area contributed by atoms with E-state index in [1.54, 1.807) is 24.4 Å². The fourth-order valence-electron chi connectivity index (χ4n) is 4.20. The molecule has 2 aromatic carbocycles. The highest BCUT2D eigenvalue weighted by Gasteiger charge is 2.21. The number of nitrogens with one attached hydrogen (secondary N) is 1. The van der Waals surface area contributed by atoms with Crippen LogP contribution in [0, 0.1) is 5.82 Å². The summed E-state index contributed by atoms with van der Waals surface area (Å²) in [4.78, 5) is 18.3. The Bertz CT molecular complexity index is 1160. The van der Waals surface area contributed by atoms with E-state index in [0.29, 0.717) is 29.2 Å². The molecule has 0 bridgehead atoms. The van der Waals surface area contributed by atoms with Crippen LogP contribution in [-0.4, -0.2) is 47.3 Å². The summed E-state index contributed by atoms with van der Waals surface area (Å²) in [6.45, 7) is 3.92. The molecular weight excluding hydrogens is 513 g/mol. The Labute approximate surface area is 212 Å². The Morgan fingerprint density at radius 1 is 0.943 bits per heavy atom. The Kier molecular flexibility index (Phi) is 7.37. The summed E-state index contributed by atoms with van der Waals surface area (Å²) < 4.78 is 20.8. The molecule has 35 heavy (non-hydrogen) atoms. The van der Waals surface area contributed by atoms with Crippen molar-refractivity contribution in [1.82, 2.24) is 15.0 Å². The molecule has 0 atom stereocenters. The van der Waals surface area contributed by atoms with Gasteiger partial charge in [-0.15, -0.1) is 0 Å².